The Hall–Kier alpha value is -1.18. The minimum absolute atomic E-state index is 0.0721. The Balaban J connectivity index is 2.40. The molecule has 0 aliphatic carbocycles. The topological polar surface area (TPSA) is 80.5 Å². The quantitative estimate of drug-likeness (QED) is 0.633. The predicted molar refractivity (Wildman–Crippen MR) is 75.2 cm³/mol. The van der Waals surface area contributed by atoms with Crippen LogP contribution in [0.25, 0.3) is 0 Å². The average molecular weight is 319 g/mol. The van der Waals surface area contributed by atoms with Crippen LogP contribution >= 0.6 is 11.6 Å². The number of halogens is 1. The van der Waals surface area contributed by atoms with E-state index in [9.17, 15) is 18.5 Å². The van der Waals surface area contributed by atoms with Gasteiger partial charge in [-0.1, -0.05) is 25.4 Å². The van der Waals surface area contributed by atoms with Crippen LogP contribution in [0.1, 0.15) is 13.8 Å². The van der Waals surface area contributed by atoms with Gasteiger partial charge in [-0.05, 0) is 24.0 Å². The van der Waals surface area contributed by atoms with Crippen LogP contribution in [0.2, 0.25) is 5.02 Å². The third-order valence-corrected chi connectivity index (χ3v) is 5.85. The molecule has 0 radical (unpaired) electrons. The van der Waals surface area contributed by atoms with Crippen molar-refractivity contribution in [3.8, 4) is 0 Å². The highest BCUT2D eigenvalue weighted by Crippen LogP contribution is 2.32. The van der Waals surface area contributed by atoms with Crippen LogP contribution in [-0.2, 0) is 10.0 Å². The van der Waals surface area contributed by atoms with Crippen molar-refractivity contribution in [2.24, 2.45) is 11.8 Å². The maximum absolute atomic E-state index is 12.5. The van der Waals surface area contributed by atoms with Gasteiger partial charge in [0.05, 0.1) is 9.82 Å². The molecule has 0 saturated carbocycles. The Kier molecular flexibility index (Phi) is 4.04. The van der Waals surface area contributed by atoms with Crippen molar-refractivity contribution < 1.29 is 13.3 Å². The molecule has 1 saturated heterocycles. The molecule has 0 amide bonds. The number of rotatable bonds is 3. The van der Waals surface area contributed by atoms with Crippen molar-refractivity contribution in [1.82, 2.24) is 4.31 Å². The summed E-state index contributed by atoms with van der Waals surface area (Å²) < 4.78 is 26.3. The van der Waals surface area contributed by atoms with Gasteiger partial charge in [0.1, 0.15) is 5.02 Å². The fraction of sp³-hybridized carbons (Fsp3) is 0.500. The lowest BCUT2D eigenvalue weighted by molar-refractivity contribution is -0.384. The predicted octanol–water partition coefficient (Wildman–Crippen LogP) is 2.52. The fourth-order valence-electron chi connectivity index (χ4n) is 2.22. The number of benzene rings is 1. The lowest BCUT2D eigenvalue weighted by atomic mass is 10.0. The number of nitro groups is 1. The van der Waals surface area contributed by atoms with E-state index in [2.05, 4.69) is 0 Å². The van der Waals surface area contributed by atoms with Gasteiger partial charge < -0.3 is 0 Å². The van der Waals surface area contributed by atoms with Gasteiger partial charge in [-0.3, -0.25) is 10.1 Å². The summed E-state index contributed by atoms with van der Waals surface area (Å²) in [5, 5.41) is 10.8. The standard InChI is InChI=1S/C12H15ClN2O4S/c1-8-6-14(7-9(8)2)20(18,19)10-3-4-11(13)12(5-10)15(16)17/h3-5,8-9H,6-7H2,1-2H3. The molecule has 2 rings (SSSR count). The van der Waals surface area contributed by atoms with E-state index in [0.29, 0.717) is 13.1 Å². The molecular weight excluding hydrogens is 304 g/mol. The molecule has 1 aromatic carbocycles. The van der Waals surface area contributed by atoms with E-state index < -0.39 is 20.6 Å². The summed E-state index contributed by atoms with van der Waals surface area (Å²) in [6.45, 7) is 4.84. The monoisotopic (exact) mass is 318 g/mol. The van der Waals surface area contributed by atoms with Gasteiger partial charge >= 0.3 is 0 Å². The maximum Gasteiger partial charge on any atom is 0.289 e. The molecule has 110 valence electrons. The molecule has 1 aromatic rings. The van der Waals surface area contributed by atoms with Crippen LogP contribution in [0.5, 0.6) is 0 Å². The molecule has 2 atom stereocenters. The van der Waals surface area contributed by atoms with Gasteiger partial charge in [0.2, 0.25) is 10.0 Å². The molecule has 1 heterocycles. The molecule has 1 aliphatic heterocycles. The largest absolute Gasteiger partial charge is 0.289 e. The number of nitro benzene ring substituents is 1. The van der Waals surface area contributed by atoms with Crippen molar-refractivity contribution in [3.63, 3.8) is 0 Å². The van der Waals surface area contributed by atoms with E-state index in [1.165, 1.54) is 16.4 Å². The average Bonchev–Trinajstić information content (AvgIpc) is 2.70. The van der Waals surface area contributed by atoms with E-state index in [-0.39, 0.29) is 21.8 Å². The molecular formula is C12H15ClN2O4S. The molecule has 1 fully saturated rings. The first-order valence-corrected chi connectivity index (χ1v) is 7.99. The first-order chi connectivity index (χ1) is 9.23. The van der Waals surface area contributed by atoms with Gasteiger partial charge in [-0.2, -0.15) is 4.31 Å². The number of hydrogen-bond donors (Lipinski definition) is 0. The summed E-state index contributed by atoms with van der Waals surface area (Å²) in [6, 6.07) is 3.57. The molecule has 1 aliphatic rings. The van der Waals surface area contributed by atoms with E-state index in [1.807, 2.05) is 13.8 Å². The van der Waals surface area contributed by atoms with E-state index in [0.717, 1.165) is 6.07 Å². The van der Waals surface area contributed by atoms with Gasteiger partial charge in [-0.15, -0.1) is 0 Å². The number of sulfonamides is 1. The Labute approximate surface area is 122 Å². The normalized spacial score (nSPS) is 23.9. The summed E-state index contributed by atoms with van der Waals surface area (Å²) in [4.78, 5) is 10.1. The second kappa shape index (κ2) is 5.31. The third kappa shape index (κ3) is 2.65. The SMILES string of the molecule is CC1CN(S(=O)(=O)c2ccc(Cl)c([N+](=O)[O-])c2)CC1C. The first-order valence-electron chi connectivity index (χ1n) is 6.17. The molecule has 20 heavy (non-hydrogen) atoms. The van der Waals surface area contributed by atoms with Crippen LogP contribution < -0.4 is 0 Å². The minimum Gasteiger partial charge on any atom is -0.258 e. The van der Waals surface area contributed by atoms with Gasteiger partial charge in [0.15, 0.2) is 0 Å². The summed E-state index contributed by atoms with van der Waals surface area (Å²) >= 11 is 5.70. The molecule has 0 N–H and O–H groups in total. The smallest absolute Gasteiger partial charge is 0.258 e. The summed E-state index contributed by atoms with van der Waals surface area (Å²) in [6.07, 6.45) is 0. The Morgan fingerprint density at radius 2 is 1.85 bits per heavy atom. The second-order valence-electron chi connectivity index (χ2n) is 5.15. The Bertz CT molecular complexity index is 637. The zero-order valence-electron chi connectivity index (χ0n) is 11.1. The molecule has 2 unspecified atom stereocenters. The van der Waals surface area contributed by atoms with Gasteiger partial charge in [-0.25, -0.2) is 8.42 Å². The van der Waals surface area contributed by atoms with Crippen molar-refractivity contribution in [2.45, 2.75) is 18.7 Å². The highest BCUT2D eigenvalue weighted by molar-refractivity contribution is 7.89. The molecule has 0 spiro atoms. The number of hydrogen-bond acceptors (Lipinski definition) is 4. The van der Waals surface area contributed by atoms with Crippen molar-refractivity contribution in [1.29, 1.82) is 0 Å². The lowest BCUT2D eigenvalue weighted by Gasteiger charge is -2.16. The van der Waals surface area contributed by atoms with E-state index in [1.54, 1.807) is 0 Å². The molecule has 0 bridgehead atoms. The van der Waals surface area contributed by atoms with Crippen LogP contribution in [0, 0.1) is 22.0 Å². The van der Waals surface area contributed by atoms with Crippen molar-refractivity contribution >= 4 is 27.3 Å². The first kappa shape index (κ1) is 15.2. The Morgan fingerprint density at radius 1 is 1.30 bits per heavy atom. The maximum atomic E-state index is 12.5. The van der Waals surface area contributed by atoms with Crippen LogP contribution in [0.15, 0.2) is 23.1 Å². The van der Waals surface area contributed by atoms with Gasteiger partial charge in [0.25, 0.3) is 5.69 Å². The summed E-state index contributed by atoms with van der Waals surface area (Å²) in [5.74, 6) is 0.541. The van der Waals surface area contributed by atoms with E-state index >= 15 is 0 Å². The molecule has 6 nitrogen and oxygen atoms in total. The van der Waals surface area contributed by atoms with Gasteiger partial charge in [0, 0.05) is 19.2 Å². The zero-order chi connectivity index (χ0) is 15.1. The third-order valence-electron chi connectivity index (χ3n) is 3.71. The zero-order valence-corrected chi connectivity index (χ0v) is 12.7. The molecule has 8 heteroatoms. The highest BCUT2D eigenvalue weighted by atomic mass is 35.5. The summed E-state index contributed by atoms with van der Waals surface area (Å²) in [7, 11) is -3.71. The van der Waals surface area contributed by atoms with Crippen LogP contribution in [0.4, 0.5) is 5.69 Å². The second-order valence-corrected chi connectivity index (χ2v) is 7.49. The fourth-order valence-corrected chi connectivity index (χ4v) is 4.06. The van der Waals surface area contributed by atoms with Crippen LogP contribution in [-0.4, -0.2) is 30.7 Å². The van der Waals surface area contributed by atoms with E-state index in [4.69, 9.17) is 11.6 Å². The van der Waals surface area contributed by atoms with Crippen molar-refractivity contribution in [2.75, 3.05) is 13.1 Å². The molecule has 0 aromatic heterocycles. The summed E-state index contributed by atoms with van der Waals surface area (Å²) in [5.41, 5.74) is -0.395. The number of nitrogens with zero attached hydrogens (tertiary/aromatic N) is 2. The minimum atomic E-state index is -3.71. The van der Waals surface area contributed by atoms with Crippen molar-refractivity contribution in [3.05, 3.63) is 33.3 Å². The highest BCUT2D eigenvalue weighted by Gasteiger charge is 2.35. The lowest BCUT2D eigenvalue weighted by Crippen LogP contribution is -2.29. The Morgan fingerprint density at radius 3 is 2.35 bits per heavy atom. The van der Waals surface area contributed by atoms with Crippen LogP contribution in [0.3, 0.4) is 0 Å².